The third-order valence-electron chi connectivity index (χ3n) is 4.19. The van der Waals surface area contributed by atoms with E-state index in [1.54, 1.807) is 10.7 Å². The molecule has 0 fully saturated rings. The third kappa shape index (κ3) is 3.48. The van der Waals surface area contributed by atoms with Crippen LogP contribution < -0.4 is 4.74 Å². The van der Waals surface area contributed by atoms with E-state index in [1.165, 1.54) is 0 Å². The zero-order valence-corrected chi connectivity index (χ0v) is 15.0. The Balaban J connectivity index is 2.02. The molecule has 0 N–H and O–H groups in total. The van der Waals surface area contributed by atoms with Gasteiger partial charge in [0, 0.05) is 6.07 Å². The van der Waals surface area contributed by atoms with Crippen LogP contribution in [0.25, 0.3) is 5.69 Å². The van der Waals surface area contributed by atoms with E-state index in [4.69, 9.17) is 4.74 Å². The van der Waals surface area contributed by atoms with Crippen LogP contribution in [-0.4, -0.2) is 15.7 Å². The number of carbonyl (C=O) groups excluding carboxylic acids is 1. The molecule has 0 bridgehead atoms. The summed E-state index contributed by atoms with van der Waals surface area (Å²) in [6, 6.07) is 17.2. The molecule has 0 unspecified atom stereocenters. The number of ether oxygens (including phenoxy) is 1. The Bertz CT molecular complexity index is 910. The van der Waals surface area contributed by atoms with Crippen molar-refractivity contribution in [2.75, 3.05) is 0 Å². The van der Waals surface area contributed by atoms with Crippen molar-refractivity contribution in [2.24, 2.45) is 0 Å². The number of esters is 1. The maximum atomic E-state index is 12.6. The van der Waals surface area contributed by atoms with E-state index >= 15 is 0 Å². The SMILES string of the molecule is Cc1ccccc1C(=O)Oc1cc(C(C)C)nn1-c1ccccc1C. The number of carbonyl (C=O) groups is 1. The van der Waals surface area contributed by atoms with Gasteiger partial charge < -0.3 is 4.74 Å². The standard InChI is InChI=1S/C21H22N2O2/c1-14(2)18-13-20(23(22-18)19-12-8-6-10-16(19)4)25-21(24)17-11-7-5-9-15(17)3/h5-14H,1-4H3. The second kappa shape index (κ2) is 6.93. The quantitative estimate of drug-likeness (QED) is 0.642. The number of aryl methyl sites for hydroxylation is 2. The highest BCUT2D eigenvalue weighted by molar-refractivity contribution is 5.92. The first-order valence-electron chi connectivity index (χ1n) is 8.41. The van der Waals surface area contributed by atoms with Crippen LogP contribution in [0.3, 0.4) is 0 Å². The molecule has 128 valence electrons. The Kier molecular flexibility index (Phi) is 4.70. The fourth-order valence-electron chi connectivity index (χ4n) is 2.66. The van der Waals surface area contributed by atoms with E-state index < -0.39 is 0 Å². The monoisotopic (exact) mass is 334 g/mol. The van der Waals surface area contributed by atoms with Crippen LogP contribution in [-0.2, 0) is 0 Å². The minimum atomic E-state index is -0.372. The first kappa shape index (κ1) is 17.0. The Morgan fingerprint density at radius 3 is 2.28 bits per heavy atom. The van der Waals surface area contributed by atoms with Gasteiger partial charge in [0.25, 0.3) is 0 Å². The summed E-state index contributed by atoms with van der Waals surface area (Å²) in [6.45, 7) is 8.04. The van der Waals surface area contributed by atoms with Gasteiger partial charge in [0.2, 0.25) is 5.88 Å². The van der Waals surface area contributed by atoms with E-state index in [9.17, 15) is 4.79 Å². The topological polar surface area (TPSA) is 44.1 Å². The highest BCUT2D eigenvalue weighted by atomic mass is 16.5. The van der Waals surface area contributed by atoms with Gasteiger partial charge in [-0.25, -0.2) is 9.48 Å². The number of benzene rings is 2. The minimum Gasteiger partial charge on any atom is -0.404 e. The van der Waals surface area contributed by atoms with Crippen molar-refractivity contribution in [1.82, 2.24) is 9.78 Å². The average molecular weight is 334 g/mol. The van der Waals surface area contributed by atoms with Gasteiger partial charge in [-0.15, -0.1) is 0 Å². The Hall–Kier alpha value is -2.88. The molecule has 25 heavy (non-hydrogen) atoms. The minimum absolute atomic E-state index is 0.237. The first-order valence-corrected chi connectivity index (χ1v) is 8.41. The summed E-state index contributed by atoms with van der Waals surface area (Å²) in [7, 11) is 0. The van der Waals surface area contributed by atoms with Crippen molar-refractivity contribution in [2.45, 2.75) is 33.6 Å². The second-order valence-electron chi connectivity index (χ2n) is 6.46. The molecule has 1 aromatic heterocycles. The van der Waals surface area contributed by atoms with Crippen LogP contribution in [0.4, 0.5) is 0 Å². The summed E-state index contributed by atoms with van der Waals surface area (Å²) in [5.41, 5.74) is 4.30. The predicted molar refractivity (Wildman–Crippen MR) is 98.5 cm³/mol. The van der Waals surface area contributed by atoms with Gasteiger partial charge in [-0.3, -0.25) is 0 Å². The molecular formula is C21H22N2O2. The number of rotatable bonds is 4. The normalized spacial score (nSPS) is 10.9. The molecule has 1 heterocycles. The van der Waals surface area contributed by atoms with Crippen LogP contribution in [0.2, 0.25) is 0 Å². The van der Waals surface area contributed by atoms with Gasteiger partial charge in [0.05, 0.1) is 16.9 Å². The van der Waals surface area contributed by atoms with E-state index in [1.807, 2.05) is 62.4 Å². The lowest BCUT2D eigenvalue weighted by Gasteiger charge is -2.11. The first-order chi connectivity index (χ1) is 12.0. The molecule has 0 saturated carbocycles. The zero-order valence-electron chi connectivity index (χ0n) is 15.0. The molecule has 2 aromatic carbocycles. The number of para-hydroxylation sites is 1. The number of hydrogen-bond donors (Lipinski definition) is 0. The van der Waals surface area contributed by atoms with Crippen LogP contribution in [0.15, 0.2) is 54.6 Å². The molecule has 4 heteroatoms. The molecular weight excluding hydrogens is 312 g/mol. The molecule has 4 nitrogen and oxygen atoms in total. The van der Waals surface area contributed by atoms with Gasteiger partial charge in [0.15, 0.2) is 0 Å². The summed E-state index contributed by atoms with van der Waals surface area (Å²) in [6.07, 6.45) is 0. The second-order valence-corrected chi connectivity index (χ2v) is 6.46. The molecule has 0 radical (unpaired) electrons. The smallest absolute Gasteiger partial charge is 0.345 e. The van der Waals surface area contributed by atoms with Crippen LogP contribution in [0.1, 0.15) is 46.9 Å². The molecule has 3 aromatic rings. The van der Waals surface area contributed by atoms with Gasteiger partial charge in [-0.2, -0.15) is 5.10 Å². The number of nitrogens with zero attached hydrogens (tertiary/aromatic N) is 2. The molecule has 0 saturated heterocycles. The molecule has 0 aliphatic heterocycles. The Morgan fingerprint density at radius 1 is 1.00 bits per heavy atom. The Labute approximate surface area is 148 Å². The molecule has 0 aliphatic carbocycles. The molecule has 0 atom stereocenters. The average Bonchev–Trinajstić information content (AvgIpc) is 2.99. The lowest BCUT2D eigenvalue weighted by atomic mass is 10.1. The Morgan fingerprint density at radius 2 is 1.64 bits per heavy atom. The summed E-state index contributed by atoms with van der Waals surface area (Å²) < 4.78 is 7.42. The summed E-state index contributed by atoms with van der Waals surface area (Å²) >= 11 is 0. The highest BCUT2D eigenvalue weighted by Crippen LogP contribution is 2.26. The van der Waals surface area contributed by atoms with E-state index in [-0.39, 0.29) is 11.9 Å². The molecule has 0 aliphatic rings. The van der Waals surface area contributed by atoms with Gasteiger partial charge in [-0.1, -0.05) is 50.2 Å². The van der Waals surface area contributed by atoms with Gasteiger partial charge in [-0.05, 0) is 43.0 Å². The lowest BCUT2D eigenvalue weighted by Crippen LogP contribution is -2.13. The van der Waals surface area contributed by atoms with Gasteiger partial charge >= 0.3 is 5.97 Å². The van der Waals surface area contributed by atoms with Crippen molar-refractivity contribution in [1.29, 1.82) is 0 Å². The lowest BCUT2D eigenvalue weighted by molar-refractivity contribution is 0.0722. The summed E-state index contributed by atoms with van der Waals surface area (Å²) in [4.78, 5) is 12.6. The van der Waals surface area contributed by atoms with Crippen LogP contribution in [0.5, 0.6) is 5.88 Å². The fraction of sp³-hybridized carbons (Fsp3) is 0.238. The van der Waals surface area contributed by atoms with E-state index in [2.05, 4.69) is 18.9 Å². The summed E-state index contributed by atoms with van der Waals surface area (Å²) in [5, 5.41) is 4.65. The van der Waals surface area contributed by atoms with Crippen molar-refractivity contribution < 1.29 is 9.53 Å². The van der Waals surface area contributed by atoms with Crippen molar-refractivity contribution in [3.8, 4) is 11.6 Å². The maximum absolute atomic E-state index is 12.6. The van der Waals surface area contributed by atoms with Crippen LogP contribution in [0, 0.1) is 13.8 Å². The highest BCUT2D eigenvalue weighted by Gasteiger charge is 2.19. The van der Waals surface area contributed by atoms with E-state index in [0.717, 1.165) is 22.5 Å². The maximum Gasteiger partial charge on any atom is 0.345 e. The predicted octanol–water partition coefficient (Wildman–Crippen LogP) is 4.83. The fourth-order valence-corrected chi connectivity index (χ4v) is 2.66. The van der Waals surface area contributed by atoms with Crippen LogP contribution >= 0.6 is 0 Å². The zero-order chi connectivity index (χ0) is 18.0. The molecule has 0 amide bonds. The molecule has 3 rings (SSSR count). The number of aromatic nitrogens is 2. The number of hydrogen-bond acceptors (Lipinski definition) is 3. The third-order valence-corrected chi connectivity index (χ3v) is 4.19. The summed E-state index contributed by atoms with van der Waals surface area (Å²) in [5.74, 6) is 0.301. The van der Waals surface area contributed by atoms with E-state index in [0.29, 0.717) is 11.4 Å². The van der Waals surface area contributed by atoms with Crippen molar-refractivity contribution in [3.63, 3.8) is 0 Å². The van der Waals surface area contributed by atoms with Crippen molar-refractivity contribution in [3.05, 3.63) is 77.0 Å². The van der Waals surface area contributed by atoms with Crippen molar-refractivity contribution >= 4 is 5.97 Å². The molecule has 0 spiro atoms. The van der Waals surface area contributed by atoms with Gasteiger partial charge in [0.1, 0.15) is 0 Å². The largest absolute Gasteiger partial charge is 0.404 e.